The second kappa shape index (κ2) is 2.19. The highest BCUT2D eigenvalue weighted by atomic mass is 16.5. The summed E-state index contributed by atoms with van der Waals surface area (Å²) in [6.45, 7) is 1.69. The van der Waals surface area contributed by atoms with Gasteiger partial charge < -0.3 is 15.6 Å². The molecule has 0 radical (unpaired) electrons. The number of ether oxygens (including phenoxy) is 1. The fraction of sp³-hybridized carbons (Fsp3) is 1.00. The SMILES string of the molecule is NCC12CCOC(CO)(C1)C2. The fourth-order valence-corrected chi connectivity index (χ4v) is 2.48. The summed E-state index contributed by atoms with van der Waals surface area (Å²) in [4.78, 5) is 0. The van der Waals surface area contributed by atoms with E-state index in [9.17, 15) is 0 Å². The summed E-state index contributed by atoms with van der Waals surface area (Å²) in [6.07, 6.45) is 3.01. The minimum Gasteiger partial charge on any atom is -0.393 e. The summed E-state index contributed by atoms with van der Waals surface area (Å²) in [7, 11) is 0. The summed E-state index contributed by atoms with van der Waals surface area (Å²) >= 11 is 0. The number of aliphatic hydroxyl groups is 1. The number of hydrogen-bond donors (Lipinski definition) is 2. The normalized spacial score (nSPS) is 48.5. The molecule has 0 aromatic heterocycles. The summed E-state index contributed by atoms with van der Waals surface area (Å²) < 4.78 is 5.50. The van der Waals surface area contributed by atoms with Crippen LogP contribution in [0.1, 0.15) is 19.3 Å². The van der Waals surface area contributed by atoms with Gasteiger partial charge in [0.1, 0.15) is 0 Å². The topological polar surface area (TPSA) is 55.5 Å². The molecule has 2 aliphatic heterocycles. The van der Waals surface area contributed by atoms with Gasteiger partial charge in [-0.1, -0.05) is 0 Å². The van der Waals surface area contributed by atoms with Crippen LogP contribution in [0.3, 0.4) is 0 Å². The van der Waals surface area contributed by atoms with Crippen LogP contribution in [0.25, 0.3) is 0 Å². The average Bonchev–Trinajstić information content (AvgIpc) is 2.04. The largest absolute Gasteiger partial charge is 0.393 e. The van der Waals surface area contributed by atoms with Crippen molar-refractivity contribution >= 4 is 0 Å². The van der Waals surface area contributed by atoms with Crippen LogP contribution in [0.15, 0.2) is 0 Å². The quantitative estimate of drug-likeness (QED) is 0.587. The Labute approximate surface area is 66.5 Å². The van der Waals surface area contributed by atoms with E-state index in [0.29, 0.717) is 5.41 Å². The van der Waals surface area contributed by atoms with E-state index < -0.39 is 0 Å². The van der Waals surface area contributed by atoms with Crippen molar-refractivity contribution in [3.63, 3.8) is 0 Å². The Morgan fingerprint density at radius 1 is 1.45 bits per heavy atom. The Morgan fingerprint density at radius 2 is 2.18 bits per heavy atom. The summed E-state index contributed by atoms with van der Waals surface area (Å²) in [5, 5.41) is 9.03. The van der Waals surface area contributed by atoms with Crippen LogP contribution in [-0.2, 0) is 4.74 Å². The second-order valence-electron chi connectivity index (χ2n) is 4.00. The molecule has 2 heterocycles. The fourth-order valence-electron chi connectivity index (χ4n) is 2.48. The molecule has 3 aliphatic rings. The number of nitrogens with two attached hydrogens (primary N) is 1. The first-order chi connectivity index (χ1) is 5.24. The van der Waals surface area contributed by atoms with Gasteiger partial charge >= 0.3 is 0 Å². The van der Waals surface area contributed by atoms with E-state index in [4.69, 9.17) is 15.6 Å². The Balaban J connectivity index is 2.05. The molecule has 0 aromatic rings. The number of fused-ring (bicyclic) bond motifs is 2. The van der Waals surface area contributed by atoms with Crippen molar-refractivity contribution in [2.45, 2.75) is 24.9 Å². The minimum atomic E-state index is -0.197. The van der Waals surface area contributed by atoms with E-state index in [1.165, 1.54) is 0 Å². The minimum absolute atomic E-state index is 0.161. The van der Waals surface area contributed by atoms with E-state index >= 15 is 0 Å². The first-order valence-electron chi connectivity index (χ1n) is 4.19. The standard InChI is InChI=1S/C8H15NO2/c9-5-7-1-2-11-8(3-7,4-7)6-10/h10H,1-6,9H2. The van der Waals surface area contributed by atoms with Crippen molar-refractivity contribution < 1.29 is 9.84 Å². The number of hydrogen-bond acceptors (Lipinski definition) is 3. The smallest absolute Gasteiger partial charge is 0.0923 e. The monoisotopic (exact) mass is 157 g/mol. The maximum absolute atomic E-state index is 9.03. The van der Waals surface area contributed by atoms with E-state index in [1.807, 2.05) is 0 Å². The van der Waals surface area contributed by atoms with Gasteiger partial charge in [-0.2, -0.15) is 0 Å². The van der Waals surface area contributed by atoms with Crippen LogP contribution < -0.4 is 5.73 Å². The van der Waals surface area contributed by atoms with Gasteiger partial charge in [-0.3, -0.25) is 0 Å². The van der Waals surface area contributed by atoms with E-state index in [-0.39, 0.29) is 12.2 Å². The zero-order valence-electron chi connectivity index (χ0n) is 6.68. The lowest BCUT2D eigenvalue weighted by Crippen LogP contribution is -2.62. The van der Waals surface area contributed by atoms with E-state index in [1.54, 1.807) is 0 Å². The maximum Gasteiger partial charge on any atom is 0.0923 e. The number of aliphatic hydroxyl groups excluding tert-OH is 1. The second-order valence-corrected chi connectivity index (χ2v) is 4.00. The molecule has 1 aliphatic carbocycles. The molecular weight excluding hydrogens is 142 g/mol. The molecule has 0 atom stereocenters. The molecule has 2 saturated heterocycles. The lowest BCUT2D eigenvalue weighted by molar-refractivity contribution is -0.236. The summed E-state index contributed by atoms with van der Waals surface area (Å²) in [5.74, 6) is 0. The van der Waals surface area contributed by atoms with Crippen molar-refractivity contribution in [3.8, 4) is 0 Å². The predicted molar refractivity (Wildman–Crippen MR) is 41.1 cm³/mol. The predicted octanol–water partition coefficient (Wildman–Crippen LogP) is -0.123. The van der Waals surface area contributed by atoms with Gasteiger partial charge in [0.25, 0.3) is 0 Å². The van der Waals surface area contributed by atoms with Crippen LogP contribution in [-0.4, -0.2) is 30.5 Å². The molecule has 0 unspecified atom stereocenters. The first kappa shape index (κ1) is 7.53. The van der Waals surface area contributed by atoms with E-state index in [0.717, 1.165) is 32.4 Å². The molecule has 64 valence electrons. The highest BCUT2D eigenvalue weighted by Crippen LogP contribution is 2.55. The molecular formula is C8H15NO2. The maximum atomic E-state index is 9.03. The third kappa shape index (κ3) is 0.916. The molecule has 3 heteroatoms. The van der Waals surface area contributed by atoms with Crippen molar-refractivity contribution in [2.24, 2.45) is 11.1 Å². The number of rotatable bonds is 2. The highest BCUT2D eigenvalue weighted by molar-refractivity contribution is 5.08. The molecule has 3 fully saturated rings. The molecule has 2 bridgehead atoms. The van der Waals surface area contributed by atoms with Crippen molar-refractivity contribution in [3.05, 3.63) is 0 Å². The molecule has 11 heavy (non-hydrogen) atoms. The third-order valence-electron chi connectivity index (χ3n) is 3.16. The molecule has 1 saturated carbocycles. The average molecular weight is 157 g/mol. The lowest BCUT2D eigenvalue weighted by Gasteiger charge is -2.59. The van der Waals surface area contributed by atoms with Crippen molar-refractivity contribution in [1.82, 2.24) is 0 Å². The molecule has 0 spiro atoms. The van der Waals surface area contributed by atoms with Gasteiger partial charge in [0.05, 0.1) is 12.2 Å². The van der Waals surface area contributed by atoms with Gasteiger partial charge in [0.15, 0.2) is 0 Å². The zero-order chi connectivity index (χ0) is 7.95. The molecule has 3 nitrogen and oxygen atoms in total. The third-order valence-corrected chi connectivity index (χ3v) is 3.16. The first-order valence-corrected chi connectivity index (χ1v) is 4.19. The zero-order valence-corrected chi connectivity index (χ0v) is 6.68. The van der Waals surface area contributed by atoms with Gasteiger partial charge in [0.2, 0.25) is 0 Å². The van der Waals surface area contributed by atoms with Crippen molar-refractivity contribution in [2.75, 3.05) is 19.8 Å². The van der Waals surface area contributed by atoms with Gasteiger partial charge in [-0.15, -0.1) is 0 Å². The van der Waals surface area contributed by atoms with Crippen LogP contribution in [0.5, 0.6) is 0 Å². The summed E-state index contributed by atoms with van der Waals surface area (Å²) in [6, 6.07) is 0. The highest BCUT2D eigenvalue weighted by Gasteiger charge is 2.57. The van der Waals surface area contributed by atoms with E-state index in [2.05, 4.69) is 0 Å². The van der Waals surface area contributed by atoms with Gasteiger partial charge in [0, 0.05) is 6.61 Å². The Bertz CT molecular complexity index is 147. The van der Waals surface area contributed by atoms with Crippen molar-refractivity contribution in [1.29, 1.82) is 0 Å². The summed E-state index contributed by atoms with van der Waals surface area (Å²) in [5.41, 5.74) is 5.78. The molecule has 3 N–H and O–H groups in total. The van der Waals surface area contributed by atoms with Crippen LogP contribution in [0.2, 0.25) is 0 Å². The Morgan fingerprint density at radius 3 is 2.73 bits per heavy atom. The van der Waals surface area contributed by atoms with Gasteiger partial charge in [-0.25, -0.2) is 0 Å². The Hall–Kier alpha value is -0.120. The molecule has 0 amide bonds. The van der Waals surface area contributed by atoms with Gasteiger partial charge in [-0.05, 0) is 31.2 Å². The van der Waals surface area contributed by atoms with Crippen LogP contribution in [0.4, 0.5) is 0 Å². The van der Waals surface area contributed by atoms with Crippen LogP contribution >= 0.6 is 0 Å². The molecule has 3 rings (SSSR count). The Kier molecular flexibility index (Phi) is 1.50. The lowest BCUT2D eigenvalue weighted by atomic mass is 9.56. The molecule has 0 aromatic carbocycles. The van der Waals surface area contributed by atoms with Crippen LogP contribution in [0, 0.1) is 5.41 Å².